The highest BCUT2D eigenvalue weighted by Crippen LogP contribution is 2.29. The van der Waals surface area contributed by atoms with Gasteiger partial charge in [0.2, 0.25) is 5.91 Å². The lowest BCUT2D eigenvalue weighted by molar-refractivity contribution is -0.124. The van der Waals surface area contributed by atoms with Crippen LogP contribution in [0.25, 0.3) is 0 Å². The van der Waals surface area contributed by atoms with E-state index in [1.54, 1.807) is 0 Å². The van der Waals surface area contributed by atoms with Crippen molar-refractivity contribution in [3.8, 4) is 0 Å². The lowest BCUT2D eigenvalue weighted by atomic mass is 9.87. The molecule has 1 aromatic carbocycles. The third kappa shape index (κ3) is 3.82. The molecule has 0 aromatic heterocycles. The van der Waals surface area contributed by atoms with Crippen LogP contribution >= 0.6 is 12.4 Å². The summed E-state index contributed by atoms with van der Waals surface area (Å²) in [5.41, 5.74) is 1.13. The largest absolute Gasteiger partial charge is 0.353 e. The molecule has 0 aliphatic carbocycles. The van der Waals surface area contributed by atoms with Crippen molar-refractivity contribution in [1.29, 1.82) is 0 Å². The molecule has 0 radical (unpaired) electrons. The second-order valence-electron chi connectivity index (χ2n) is 6.95. The molecule has 22 heavy (non-hydrogen) atoms. The van der Waals surface area contributed by atoms with Crippen LogP contribution in [0, 0.1) is 5.92 Å². The van der Waals surface area contributed by atoms with Gasteiger partial charge in [-0.15, -0.1) is 12.4 Å². The Morgan fingerprint density at radius 2 is 1.73 bits per heavy atom. The molecular formula is C18H27ClN2O. The van der Waals surface area contributed by atoms with Crippen molar-refractivity contribution in [2.75, 3.05) is 0 Å². The van der Waals surface area contributed by atoms with Gasteiger partial charge in [0.15, 0.2) is 0 Å². The van der Waals surface area contributed by atoms with Crippen molar-refractivity contribution >= 4 is 18.3 Å². The molecule has 2 aliphatic heterocycles. The SMILES string of the molecule is CC(C)C(C(=O)NC1CC2CCC(C1)N2)c1ccccc1.Cl. The van der Waals surface area contributed by atoms with E-state index in [-0.39, 0.29) is 24.2 Å². The highest BCUT2D eigenvalue weighted by Gasteiger charge is 2.35. The van der Waals surface area contributed by atoms with Gasteiger partial charge in [0.05, 0.1) is 5.92 Å². The van der Waals surface area contributed by atoms with E-state index in [4.69, 9.17) is 0 Å². The Balaban J connectivity index is 0.00000176. The molecule has 122 valence electrons. The predicted molar refractivity (Wildman–Crippen MR) is 92.4 cm³/mol. The average molecular weight is 323 g/mol. The minimum atomic E-state index is -0.0428. The molecule has 2 saturated heterocycles. The van der Waals surface area contributed by atoms with Gasteiger partial charge in [0.25, 0.3) is 0 Å². The maximum absolute atomic E-state index is 12.8. The highest BCUT2D eigenvalue weighted by molar-refractivity contribution is 5.85. The molecule has 2 bridgehead atoms. The zero-order chi connectivity index (χ0) is 14.8. The maximum atomic E-state index is 12.8. The van der Waals surface area contributed by atoms with Gasteiger partial charge in [0, 0.05) is 18.1 Å². The van der Waals surface area contributed by atoms with Crippen LogP contribution in [0.3, 0.4) is 0 Å². The number of carbonyl (C=O) groups excluding carboxylic acids is 1. The van der Waals surface area contributed by atoms with Crippen LogP contribution < -0.4 is 10.6 Å². The Labute approximate surface area is 139 Å². The van der Waals surface area contributed by atoms with Gasteiger partial charge in [-0.25, -0.2) is 0 Å². The Morgan fingerprint density at radius 3 is 2.27 bits per heavy atom. The van der Waals surface area contributed by atoms with E-state index in [9.17, 15) is 4.79 Å². The number of carbonyl (C=O) groups is 1. The fourth-order valence-electron chi connectivity index (χ4n) is 3.97. The number of rotatable bonds is 4. The molecule has 4 heteroatoms. The van der Waals surface area contributed by atoms with E-state index < -0.39 is 0 Å². The molecular weight excluding hydrogens is 296 g/mol. The third-order valence-corrected chi connectivity index (χ3v) is 4.93. The molecule has 2 fully saturated rings. The lowest BCUT2D eigenvalue weighted by Crippen LogP contribution is -2.49. The summed E-state index contributed by atoms with van der Waals surface area (Å²) in [6.07, 6.45) is 4.70. The minimum Gasteiger partial charge on any atom is -0.353 e. The molecule has 1 amide bonds. The number of amides is 1. The molecule has 3 unspecified atom stereocenters. The van der Waals surface area contributed by atoms with Crippen LogP contribution in [0.4, 0.5) is 0 Å². The molecule has 3 atom stereocenters. The van der Waals surface area contributed by atoms with Gasteiger partial charge >= 0.3 is 0 Å². The topological polar surface area (TPSA) is 41.1 Å². The second kappa shape index (κ2) is 7.47. The molecule has 1 aromatic rings. The summed E-state index contributed by atoms with van der Waals surface area (Å²) in [5, 5.41) is 6.95. The molecule has 2 heterocycles. The van der Waals surface area contributed by atoms with Crippen LogP contribution in [0.5, 0.6) is 0 Å². The molecule has 2 aliphatic rings. The first kappa shape index (κ1) is 17.3. The minimum absolute atomic E-state index is 0. The van der Waals surface area contributed by atoms with Crippen molar-refractivity contribution in [1.82, 2.24) is 10.6 Å². The van der Waals surface area contributed by atoms with Crippen molar-refractivity contribution in [2.24, 2.45) is 5.92 Å². The van der Waals surface area contributed by atoms with E-state index in [2.05, 4.69) is 36.6 Å². The molecule has 3 rings (SSSR count). The Morgan fingerprint density at radius 1 is 1.14 bits per heavy atom. The molecule has 0 spiro atoms. The third-order valence-electron chi connectivity index (χ3n) is 4.93. The first-order valence-corrected chi connectivity index (χ1v) is 8.25. The Hall–Kier alpha value is -1.06. The number of nitrogens with one attached hydrogen (secondary N) is 2. The van der Waals surface area contributed by atoms with E-state index in [1.165, 1.54) is 12.8 Å². The summed E-state index contributed by atoms with van der Waals surface area (Å²) in [7, 11) is 0. The van der Waals surface area contributed by atoms with Gasteiger partial charge in [-0.3, -0.25) is 4.79 Å². The number of benzene rings is 1. The zero-order valence-corrected chi connectivity index (χ0v) is 14.2. The Bertz CT molecular complexity index is 479. The summed E-state index contributed by atoms with van der Waals surface area (Å²) in [5.74, 6) is 0.465. The molecule has 2 N–H and O–H groups in total. The predicted octanol–water partition coefficient (Wildman–Crippen LogP) is 3.25. The maximum Gasteiger partial charge on any atom is 0.228 e. The van der Waals surface area contributed by atoms with Gasteiger partial charge < -0.3 is 10.6 Å². The zero-order valence-electron chi connectivity index (χ0n) is 13.4. The number of fused-ring (bicyclic) bond motifs is 2. The first-order valence-electron chi connectivity index (χ1n) is 8.25. The van der Waals surface area contributed by atoms with E-state index >= 15 is 0 Å². The summed E-state index contributed by atoms with van der Waals surface area (Å²) in [6, 6.07) is 11.7. The summed E-state index contributed by atoms with van der Waals surface area (Å²) >= 11 is 0. The fraction of sp³-hybridized carbons (Fsp3) is 0.611. The van der Waals surface area contributed by atoms with E-state index in [0.717, 1.165) is 18.4 Å². The van der Waals surface area contributed by atoms with Crippen LogP contribution in [-0.2, 0) is 4.79 Å². The van der Waals surface area contributed by atoms with Gasteiger partial charge in [-0.05, 0) is 37.2 Å². The van der Waals surface area contributed by atoms with Crippen LogP contribution in [0.1, 0.15) is 51.0 Å². The Kier molecular flexibility index (Phi) is 5.87. The smallest absolute Gasteiger partial charge is 0.228 e. The molecule has 0 saturated carbocycles. The van der Waals surface area contributed by atoms with Gasteiger partial charge in [0.1, 0.15) is 0 Å². The van der Waals surface area contributed by atoms with Crippen molar-refractivity contribution < 1.29 is 4.79 Å². The quantitative estimate of drug-likeness (QED) is 0.893. The number of halogens is 1. The number of hydrogen-bond donors (Lipinski definition) is 2. The second-order valence-corrected chi connectivity index (χ2v) is 6.95. The lowest BCUT2D eigenvalue weighted by Gasteiger charge is -2.31. The fourth-order valence-corrected chi connectivity index (χ4v) is 3.97. The summed E-state index contributed by atoms with van der Waals surface area (Å²) in [6.45, 7) is 4.26. The number of piperidine rings is 1. The van der Waals surface area contributed by atoms with Crippen LogP contribution in [0.15, 0.2) is 30.3 Å². The monoisotopic (exact) mass is 322 g/mol. The van der Waals surface area contributed by atoms with Crippen molar-refractivity contribution in [3.63, 3.8) is 0 Å². The number of hydrogen-bond acceptors (Lipinski definition) is 2. The standard InChI is InChI=1S/C18H26N2O.ClH/c1-12(2)17(13-6-4-3-5-7-13)18(21)20-16-10-14-8-9-15(11-16)19-14;/h3-7,12,14-17,19H,8-11H2,1-2H3,(H,20,21);1H. The summed E-state index contributed by atoms with van der Waals surface area (Å²) in [4.78, 5) is 12.8. The van der Waals surface area contributed by atoms with E-state index in [0.29, 0.717) is 24.0 Å². The summed E-state index contributed by atoms with van der Waals surface area (Å²) < 4.78 is 0. The van der Waals surface area contributed by atoms with Gasteiger partial charge in [-0.1, -0.05) is 44.2 Å². The molecule has 3 nitrogen and oxygen atoms in total. The van der Waals surface area contributed by atoms with Crippen molar-refractivity contribution in [3.05, 3.63) is 35.9 Å². The highest BCUT2D eigenvalue weighted by atomic mass is 35.5. The van der Waals surface area contributed by atoms with Crippen LogP contribution in [0.2, 0.25) is 0 Å². The first-order chi connectivity index (χ1) is 10.1. The van der Waals surface area contributed by atoms with Gasteiger partial charge in [-0.2, -0.15) is 0 Å². The van der Waals surface area contributed by atoms with Crippen LogP contribution in [-0.4, -0.2) is 24.0 Å². The normalized spacial score (nSPS) is 28.0. The van der Waals surface area contributed by atoms with E-state index in [1.807, 2.05) is 18.2 Å². The van der Waals surface area contributed by atoms with Crippen molar-refractivity contribution in [2.45, 2.75) is 63.6 Å². The average Bonchev–Trinajstić information content (AvgIpc) is 2.79.